The van der Waals surface area contributed by atoms with Gasteiger partial charge in [0.05, 0.1) is 11.2 Å². The number of nitro groups is 1. The van der Waals surface area contributed by atoms with Crippen molar-refractivity contribution < 1.29 is 18.1 Å². The van der Waals surface area contributed by atoms with Crippen LogP contribution in [-0.2, 0) is 10.0 Å². The van der Waals surface area contributed by atoms with Crippen molar-refractivity contribution in [2.24, 2.45) is 5.73 Å². The van der Waals surface area contributed by atoms with Crippen molar-refractivity contribution in [3.8, 4) is 0 Å². The van der Waals surface area contributed by atoms with E-state index in [-0.39, 0.29) is 17.3 Å². The van der Waals surface area contributed by atoms with E-state index in [9.17, 15) is 23.3 Å². The molecule has 0 aliphatic carbocycles. The molecule has 23 heavy (non-hydrogen) atoms. The molecule has 1 saturated heterocycles. The first-order valence-electron chi connectivity index (χ1n) is 6.98. The van der Waals surface area contributed by atoms with Crippen LogP contribution in [-0.4, -0.2) is 44.6 Å². The van der Waals surface area contributed by atoms with Gasteiger partial charge in [0, 0.05) is 30.8 Å². The molecule has 1 aromatic carbocycles. The second-order valence-electron chi connectivity index (χ2n) is 5.48. The van der Waals surface area contributed by atoms with Crippen LogP contribution in [0.3, 0.4) is 0 Å². The zero-order valence-electron chi connectivity index (χ0n) is 12.6. The van der Waals surface area contributed by atoms with Gasteiger partial charge in [-0.2, -0.15) is 0 Å². The summed E-state index contributed by atoms with van der Waals surface area (Å²) in [5, 5.41) is 11.2. The maximum absolute atomic E-state index is 11.2. The maximum atomic E-state index is 11.2. The third-order valence-corrected chi connectivity index (χ3v) is 4.43. The van der Waals surface area contributed by atoms with Gasteiger partial charge in [0.2, 0.25) is 15.9 Å². The lowest BCUT2D eigenvalue weighted by molar-refractivity contribution is -0.384. The van der Waals surface area contributed by atoms with E-state index in [0.29, 0.717) is 31.6 Å². The van der Waals surface area contributed by atoms with Crippen LogP contribution in [0, 0.1) is 10.1 Å². The molecular weight excluding hydrogens is 324 g/mol. The monoisotopic (exact) mass is 342 g/mol. The van der Waals surface area contributed by atoms with E-state index in [0.717, 1.165) is 6.26 Å². The van der Waals surface area contributed by atoms with Crippen LogP contribution in [0.4, 0.5) is 11.4 Å². The van der Waals surface area contributed by atoms with Crippen LogP contribution < -0.4 is 15.4 Å². The lowest BCUT2D eigenvalue weighted by Gasteiger charge is -2.33. The Morgan fingerprint density at radius 3 is 2.48 bits per heavy atom. The minimum absolute atomic E-state index is 0.0779. The van der Waals surface area contributed by atoms with E-state index in [1.54, 1.807) is 0 Å². The average molecular weight is 342 g/mol. The van der Waals surface area contributed by atoms with E-state index in [1.165, 1.54) is 18.2 Å². The first-order valence-corrected chi connectivity index (χ1v) is 8.87. The molecule has 126 valence electrons. The Bertz CT molecular complexity index is 726. The second-order valence-corrected chi connectivity index (χ2v) is 7.26. The Kier molecular flexibility index (Phi) is 4.85. The summed E-state index contributed by atoms with van der Waals surface area (Å²) in [6, 6.07) is 3.94. The van der Waals surface area contributed by atoms with E-state index in [1.807, 2.05) is 4.90 Å². The van der Waals surface area contributed by atoms with Gasteiger partial charge in [0.1, 0.15) is 5.69 Å². The molecule has 1 fully saturated rings. The molecule has 0 bridgehead atoms. The van der Waals surface area contributed by atoms with Crippen molar-refractivity contribution >= 4 is 27.3 Å². The minimum atomic E-state index is -3.27. The summed E-state index contributed by atoms with van der Waals surface area (Å²) in [5.74, 6) is -0.726. The molecule has 1 aliphatic rings. The predicted octanol–water partition coefficient (Wildman–Crippen LogP) is 0.212. The number of carbonyl (C=O) groups excluding carboxylic acids is 1. The number of nitro benzene ring substituents is 1. The highest BCUT2D eigenvalue weighted by atomic mass is 32.2. The normalized spacial score (nSPS) is 16.3. The number of hydrogen-bond donors (Lipinski definition) is 2. The Morgan fingerprint density at radius 2 is 2.00 bits per heavy atom. The highest BCUT2D eigenvalue weighted by Gasteiger charge is 2.26. The Morgan fingerprint density at radius 1 is 1.39 bits per heavy atom. The number of anilines is 1. The number of primary amides is 1. The predicted molar refractivity (Wildman–Crippen MR) is 84.8 cm³/mol. The summed E-state index contributed by atoms with van der Waals surface area (Å²) >= 11 is 0. The number of nitrogens with zero attached hydrogens (tertiary/aromatic N) is 2. The molecule has 0 aromatic heterocycles. The average Bonchev–Trinajstić information content (AvgIpc) is 2.45. The highest BCUT2D eigenvalue weighted by molar-refractivity contribution is 7.88. The van der Waals surface area contributed by atoms with Crippen molar-refractivity contribution in [1.82, 2.24) is 4.72 Å². The third-order valence-electron chi connectivity index (χ3n) is 3.67. The molecule has 0 radical (unpaired) electrons. The summed E-state index contributed by atoms with van der Waals surface area (Å²) in [6.45, 7) is 0.952. The fraction of sp³-hybridized carbons (Fsp3) is 0.462. The number of sulfonamides is 1. The molecule has 1 aromatic rings. The molecule has 2 rings (SSSR count). The van der Waals surface area contributed by atoms with Crippen molar-refractivity contribution in [2.45, 2.75) is 18.9 Å². The number of benzene rings is 1. The molecule has 0 saturated carbocycles. The number of nitrogens with two attached hydrogens (primary N) is 1. The lowest BCUT2D eigenvalue weighted by atomic mass is 10.0. The van der Waals surface area contributed by atoms with Gasteiger partial charge in [0.15, 0.2) is 0 Å². The molecule has 0 atom stereocenters. The molecule has 0 unspecified atom stereocenters. The van der Waals surface area contributed by atoms with Gasteiger partial charge in [-0.3, -0.25) is 14.9 Å². The Balaban J connectivity index is 2.17. The molecular formula is C13H18N4O5S. The minimum Gasteiger partial charge on any atom is -0.366 e. The summed E-state index contributed by atoms with van der Waals surface area (Å²) in [6.07, 6.45) is 2.19. The summed E-state index contributed by atoms with van der Waals surface area (Å²) in [5.41, 5.74) is 5.44. The lowest BCUT2D eigenvalue weighted by Crippen LogP contribution is -2.44. The largest absolute Gasteiger partial charge is 0.366 e. The van der Waals surface area contributed by atoms with Gasteiger partial charge in [-0.1, -0.05) is 0 Å². The fourth-order valence-corrected chi connectivity index (χ4v) is 3.47. The number of piperidine rings is 1. The van der Waals surface area contributed by atoms with Crippen LogP contribution in [0.15, 0.2) is 18.2 Å². The van der Waals surface area contributed by atoms with E-state index in [4.69, 9.17) is 5.73 Å². The topological polar surface area (TPSA) is 136 Å². The molecule has 10 heteroatoms. The number of nitrogens with one attached hydrogen (secondary N) is 1. The van der Waals surface area contributed by atoms with Crippen LogP contribution in [0.25, 0.3) is 0 Å². The first-order chi connectivity index (χ1) is 10.7. The smallest absolute Gasteiger partial charge is 0.293 e. The van der Waals surface area contributed by atoms with Gasteiger partial charge in [-0.05, 0) is 25.0 Å². The van der Waals surface area contributed by atoms with E-state index in [2.05, 4.69) is 4.72 Å². The van der Waals surface area contributed by atoms with Crippen molar-refractivity contribution in [2.75, 3.05) is 24.2 Å². The third kappa shape index (κ3) is 4.39. The number of rotatable bonds is 5. The van der Waals surface area contributed by atoms with E-state index >= 15 is 0 Å². The van der Waals surface area contributed by atoms with Crippen molar-refractivity contribution in [3.63, 3.8) is 0 Å². The summed E-state index contributed by atoms with van der Waals surface area (Å²) in [4.78, 5) is 23.6. The van der Waals surface area contributed by atoms with E-state index < -0.39 is 20.9 Å². The SMILES string of the molecule is CS(=O)(=O)NC1CCN(c2ccc(C(N)=O)cc2[N+](=O)[O-])CC1. The Hall–Kier alpha value is -2.20. The van der Waals surface area contributed by atoms with Gasteiger partial charge in [-0.25, -0.2) is 13.1 Å². The molecule has 1 amide bonds. The van der Waals surface area contributed by atoms with Crippen LogP contribution in [0.1, 0.15) is 23.2 Å². The quantitative estimate of drug-likeness (QED) is 0.580. The standard InChI is InChI=1S/C13H18N4O5S/c1-23(21,22)15-10-4-6-16(7-5-10)11-3-2-9(13(14)18)8-12(11)17(19)20/h2-3,8,10,15H,4-7H2,1H3,(H2,14,18). The zero-order chi connectivity index (χ0) is 17.2. The molecule has 0 spiro atoms. The molecule has 3 N–H and O–H groups in total. The Labute approximate surface area is 133 Å². The van der Waals surface area contributed by atoms with Gasteiger partial charge in [-0.15, -0.1) is 0 Å². The molecule has 1 heterocycles. The van der Waals surface area contributed by atoms with Crippen LogP contribution in [0.2, 0.25) is 0 Å². The molecule has 9 nitrogen and oxygen atoms in total. The summed E-state index contributed by atoms with van der Waals surface area (Å²) < 4.78 is 25.0. The zero-order valence-corrected chi connectivity index (χ0v) is 13.4. The fourth-order valence-electron chi connectivity index (χ4n) is 2.63. The number of amides is 1. The number of carbonyl (C=O) groups is 1. The van der Waals surface area contributed by atoms with Crippen LogP contribution >= 0.6 is 0 Å². The summed E-state index contributed by atoms with van der Waals surface area (Å²) in [7, 11) is -3.27. The van der Waals surface area contributed by atoms with Gasteiger partial charge in [0.25, 0.3) is 5.69 Å². The first kappa shape index (κ1) is 17.2. The maximum Gasteiger partial charge on any atom is 0.293 e. The van der Waals surface area contributed by atoms with Gasteiger partial charge >= 0.3 is 0 Å². The van der Waals surface area contributed by atoms with Gasteiger partial charge < -0.3 is 10.6 Å². The molecule has 1 aliphatic heterocycles. The van der Waals surface area contributed by atoms with Crippen molar-refractivity contribution in [3.05, 3.63) is 33.9 Å². The van der Waals surface area contributed by atoms with Crippen molar-refractivity contribution in [1.29, 1.82) is 0 Å². The highest BCUT2D eigenvalue weighted by Crippen LogP contribution is 2.31. The number of hydrogen-bond acceptors (Lipinski definition) is 6. The van der Waals surface area contributed by atoms with Crippen LogP contribution in [0.5, 0.6) is 0 Å². The second kappa shape index (κ2) is 6.50.